The van der Waals surface area contributed by atoms with E-state index in [1.807, 2.05) is 0 Å². The molecule has 3 rings (SSSR count). The van der Waals surface area contributed by atoms with E-state index < -0.39 is 0 Å². The normalized spacial score (nSPS) is 16.3. The molecule has 0 aliphatic carbocycles. The van der Waals surface area contributed by atoms with Crippen LogP contribution in [0.3, 0.4) is 0 Å². The molecule has 2 heterocycles. The van der Waals surface area contributed by atoms with Crippen LogP contribution in [-0.4, -0.2) is 31.1 Å². The van der Waals surface area contributed by atoms with Crippen LogP contribution in [0.1, 0.15) is 12.8 Å². The van der Waals surface area contributed by atoms with Crippen molar-refractivity contribution in [1.29, 1.82) is 0 Å². The minimum absolute atomic E-state index is 0. The van der Waals surface area contributed by atoms with Crippen LogP contribution in [0.2, 0.25) is 0 Å². The first-order chi connectivity index (χ1) is 8.84. The average Bonchev–Trinajstić information content (AvgIpc) is 2.84. The third-order valence-electron chi connectivity index (χ3n) is 3.71. The van der Waals surface area contributed by atoms with Gasteiger partial charge >= 0.3 is 0 Å². The molecule has 0 radical (unpaired) electrons. The molecule has 0 atom stereocenters. The summed E-state index contributed by atoms with van der Waals surface area (Å²) >= 11 is 1.60. The van der Waals surface area contributed by atoms with Crippen molar-refractivity contribution >= 4 is 39.8 Å². The lowest BCUT2D eigenvalue weighted by molar-refractivity contribution is 0.377. The second-order valence-electron chi connectivity index (χ2n) is 5.08. The maximum Gasteiger partial charge on any atom is 0.149 e. The standard InChI is InChI=1S/C14H19N3S.ClH/c1-17(10-11-6-8-15-9-7-11)14-12-4-2-3-5-13(12)18-16-14;/h2-5,11,15H,6-10H2,1H3;1H. The maximum absolute atomic E-state index is 4.61. The second-order valence-corrected chi connectivity index (χ2v) is 5.88. The molecule has 5 heteroatoms. The van der Waals surface area contributed by atoms with Gasteiger partial charge in [-0.2, -0.15) is 4.37 Å². The predicted molar refractivity (Wildman–Crippen MR) is 85.7 cm³/mol. The van der Waals surface area contributed by atoms with Crippen molar-refractivity contribution in [2.75, 3.05) is 31.6 Å². The number of nitrogens with zero attached hydrogens (tertiary/aromatic N) is 2. The zero-order valence-electron chi connectivity index (χ0n) is 11.1. The molecule has 2 aromatic rings. The molecule has 1 fully saturated rings. The summed E-state index contributed by atoms with van der Waals surface area (Å²) in [6.45, 7) is 3.45. The monoisotopic (exact) mass is 297 g/mol. The first kappa shape index (κ1) is 14.6. The van der Waals surface area contributed by atoms with Crippen molar-refractivity contribution in [3.63, 3.8) is 0 Å². The zero-order valence-corrected chi connectivity index (χ0v) is 12.8. The van der Waals surface area contributed by atoms with Crippen molar-refractivity contribution in [1.82, 2.24) is 9.69 Å². The molecule has 0 spiro atoms. The molecular weight excluding hydrogens is 278 g/mol. The second kappa shape index (κ2) is 6.55. The third-order valence-corrected chi connectivity index (χ3v) is 4.53. The SMILES string of the molecule is CN(CC1CCNCC1)c1nsc2ccccc12.Cl. The minimum atomic E-state index is 0. The smallest absolute Gasteiger partial charge is 0.149 e. The van der Waals surface area contributed by atoms with E-state index >= 15 is 0 Å². The maximum atomic E-state index is 4.61. The van der Waals surface area contributed by atoms with Gasteiger partial charge in [-0.05, 0) is 55.5 Å². The Labute approximate surface area is 124 Å². The van der Waals surface area contributed by atoms with E-state index in [0.29, 0.717) is 0 Å². The summed E-state index contributed by atoms with van der Waals surface area (Å²) in [5, 5.41) is 4.71. The summed E-state index contributed by atoms with van der Waals surface area (Å²) < 4.78 is 5.89. The molecule has 1 aromatic heterocycles. The van der Waals surface area contributed by atoms with E-state index in [2.05, 4.69) is 45.9 Å². The average molecular weight is 298 g/mol. The fourth-order valence-electron chi connectivity index (χ4n) is 2.69. The Balaban J connectivity index is 0.00000133. The van der Waals surface area contributed by atoms with Crippen LogP contribution in [0.5, 0.6) is 0 Å². The summed E-state index contributed by atoms with van der Waals surface area (Å²) in [5.41, 5.74) is 0. The van der Waals surface area contributed by atoms with Crippen molar-refractivity contribution in [2.45, 2.75) is 12.8 Å². The Morgan fingerprint density at radius 3 is 2.84 bits per heavy atom. The first-order valence-electron chi connectivity index (χ1n) is 6.61. The van der Waals surface area contributed by atoms with Gasteiger partial charge in [-0.15, -0.1) is 12.4 Å². The van der Waals surface area contributed by atoms with Crippen LogP contribution < -0.4 is 10.2 Å². The van der Waals surface area contributed by atoms with Gasteiger partial charge in [-0.3, -0.25) is 0 Å². The molecule has 0 amide bonds. The highest BCUT2D eigenvalue weighted by Crippen LogP contribution is 2.29. The van der Waals surface area contributed by atoms with Gasteiger partial charge in [0.05, 0.1) is 4.70 Å². The fourth-order valence-corrected chi connectivity index (χ4v) is 3.51. The van der Waals surface area contributed by atoms with Crippen molar-refractivity contribution in [3.05, 3.63) is 24.3 Å². The lowest BCUT2D eigenvalue weighted by Crippen LogP contribution is -2.34. The van der Waals surface area contributed by atoms with Crippen LogP contribution >= 0.6 is 23.9 Å². The van der Waals surface area contributed by atoms with Crippen molar-refractivity contribution in [3.8, 4) is 0 Å². The number of fused-ring (bicyclic) bond motifs is 1. The third kappa shape index (κ3) is 3.19. The van der Waals surface area contributed by atoms with Crippen molar-refractivity contribution in [2.24, 2.45) is 5.92 Å². The lowest BCUT2D eigenvalue weighted by Gasteiger charge is -2.27. The van der Waals surface area contributed by atoms with Crippen LogP contribution in [0.4, 0.5) is 5.82 Å². The molecule has 104 valence electrons. The number of piperidine rings is 1. The van der Waals surface area contributed by atoms with Crippen molar-refractivity contribution < 1.29 is 0 Å². The molecule has 3 nitrogen and oxygen atoms in total. The summed E-state index contributed by atoms with van der Waals surface area (Å²) in [6, 6.07) is 8.50. The molecule has 0 bridgehead atoms. The zero-order chi connectivity index (χ0) is 12.4. The lowest BCUT2D eigenvalue weighted by atomic mass is 9.98. The van der Waals surface area contributed by atoms with Crippen LogP contribution in [-0.2, 0) is 0 Å². The number of benzene rings is 1. The van der Waals surface area contributed by atoms with Gasteiger partial charge in [-0.1, -0.05) is 12.1 Å². The Hall–Kier alpha value is -0.840. The van der Waals surface area contributed by atoms with Gasteiger partial charge in [0.15, 0.2) is 0 Å². The van der Waals surface area contributed by atoms with E-state index in [4.69, 9.17) is 0 Å². The largest absolute Gasteiger partial charge is 0.358 e. The number of aromatic nitrogens is 1. The summed E-state index contributed by atoms with van der Waals surface area (Å²) in [4.78, 5) is 2.33. The Bertz CT molecular complexity index is 522. The highest BCUT2D eigenvalue weighted by molar-refractivity contribution is 7.13. The molecule has 19 heavy (non-hydrogen) atoms. The number of halogens is 1. The van der Waals surface area contributed by atoms with Gasteiger partial charge in [-0.25, -0.2) is 0 Å². The number of hydrogen-bond donors (Lipinski definition) is 1. The molecule has 1 N–H and O–H groups in total. The molecule has 1 saturated heterocycles. The van der Waals surface area contributed by atoms with Crippen LogP contribution in [0, 0.1) is 5.92 Å². The van der Waals surface area contributed by atoms with E-state index in [1.165, 1.54) is 22.9 Å². The molecule has 0 saturated carbocycles. The summed E-state index contributed by atoms with van der Waals surface area (Å²) in [7, 11) is 2.17. The molecule has 1 aliphatic rings. The van der Waals surface area contributed by atoms with E-state index in [9.17, 15) is 0 Å². The highest BCUT2D eigenvalue weighted by atomic mass is 35.5. The summed E-state index contributed by atoms with van der Waals surface area (Å²) in [5.74, 6) is 1.95. The number of anilines is 1. The quantitative estimate of drug-likeness (QED) is 0.943. The van der Waals surface area contributed by atoms with Gasteiger partial charge in [0.1, 0.15) is 5.82 Å². The topological polar surface area (TPSA) is 28.2 Å². The van der Waals surface area contributed by atoms with Gasteiger partial charge in [0, 0.05) is 19.0 Å². The number of hydrogen-bond acceptors (Lipinski definition) is 4. The minimum Gasteiger partial charge on any atom is -0.358 e. The van der Waals surface area contributed by atoms with E-state index in [0.717, 1.165) is 31.4 Å². The molecule has 1 aromatic carbocycles. The van der Waals surface area contributed by atoms with Gasteiger partial charge < -0.3 is 10.2 Å². The first-order valence-corrected chi connectivity index (χ1v) is 7.38. The van der Waals surface area contributed by atoms with Gasteiger partial charge in [0.25, 0.3) is 0 Å². The predicted octanol–water partition coefficient (Wildman–Crippen LogP) is 3.15. The van der Waals surface area contributed by atoms with E-state index in [-0.39, 0.29) is 12.4 Å². The Kier molecular flexibility index (Phi) is 5.02. The Morgan fingerprint density at radius 1 is 1.32 bits per heavy atom. The van der Waals surface area contributed by atoms with Crippen LogP contribution in [0.25, 0.3) is 10.1 Å². The fraction of sp³-hybridized carbons (Fsp3) is 0.500. The molecular formula is C14H20ClN3S. The highest BCUT2D eigenvalue weighted by Gasteiger charge is 2.17. The number of rotatable bonds is 3. The number of nitrogens with one attached hydrogen (secondary N) is 1. The van der Waals surface area contributed by atoms with Gasteiger partial charge in [0.2, 0.25) is 0 Å². The molecule has 1 aliphatic heterocycles. The molecule has 0 unspecified atom stereocenters. The summed E-state index contributed by atoms with van der Waals surface area (Å²) in [6.07, 6.45) is 2.57. The Morgan fingerprint density at radius 2 is 2.05 bits per heavy atom. The van der Waals surface area contributed by atoms with Crippen LogP contribution in [0.15, 0.2) is 24.3 Å². The van der Waals surface area contributed by atoms with E-state index in [1.54, 1.807) is 11.5 Å².